The van der Waals surface area contributed by atoms with Crippen molar-refractivity contribution >= 4 is 11.8 Å². The maximum Gasteiger partial charge on any atom is 0.344 e. The van der Waals surface area contributed by atoms with E-state index in [2.05, 4.69) is 15.0 Å². The van der Waals surface area contributed by atoms with Crippen molar-refractivity contribution in [3.63, 3.8) is 0 Å². The summed E-state index contributed by atoms with van der Waals surface area (Å²) in [7, 11) is 0. The Hall–Kier alpha value is -2.50. The highest BCUT2D eigenvalue weighted by Crippen LogP contribution is 2.38. The number of carbonyl (C=O) groups is 1. The molecule has 0 aromatic carbocycles. The summed E-state index contributed by atoms with van der Waals surface area (Å²) in [6, 6.07) is 3.94. The van der Waals surface area contributed by atoms with Gasteiger partial charge in [0, 0.05) is 18.3 Å². The van der Waals surface area contributed by atoms with Crippen LogP contribution in [0.25, 0.3) is 0 Å². The number of pyridine rings is 1. The van der Waals surface area contributed by atoms with Crippen molar-refractivity contribution in [1.29, 1.82) is 0 Å². The molecule has 2 heterocycles. The standard InChI is InChI=1S/C17H18N4O2/c18-15-12(9-20-16(21-15)11-6-7-11)17(22)23-13-5-1-3-10-4-2-8-19-14(10)13/h2,4,8-9,11,13H,1,3,5-7H2,(H2,18,20,21)/t13-/m0/s1. The van der Waals surface area contributed by atoms with E-state index in [1.807, 2.05) is 12.1 Å². The van der Waals surface area contributed by atoms with Gasteiger partial charge in [0.15, 0.2) is 0 Å². The van der Waals surface area contributed by atoms with E-state index >= 15 is 0 Å². The Morgan fingerprint density at radius 3 is 2.91 bits per heavy atom. The molecular formula is C17H18N4O2. The maximum atomic E-state index is 12.4. The number of esters is 1. The van der Waals surface area contributed by atoms with Crippen molar-refractivity contribution in [2.24, 2.45) is 0 Å². The van der Waals surface area contributed by atoms with Gasteiger partial charge in [0.2, 0.25) is 0 Å². The quantitative estimate of drug-likeness (QED) is 0.876. The molecule has 2 aromatic heterocycles. The largest absolute Gasteiger partial charge is 0.452 e. The van der Waals surface area contributed by atoms with Gasteiger partial charge < -0.3 is 10.5 Å². The van der Waals surface area contributed by atoms with Crippen molar-refractivity contribution in [2.75, 3.05) is 5.73 Å². The van der Waals surface area contributed by atoms with Gasteiger partial charge in [-0.3, -0.25) is 4.98 Å². The summed E-state index contributed by atoms with van der Waals surface area (Å²) >= 11 is 0. The Balaban J connectivity index is 1.54. The highest BCUT2D eigenvalue weighted by atomic mass is 16.5. The second-order valence-corrected chi connectivity index (χ2v) is 6.14. The molecule has 6 nitrogen and oxygen atoms in total. The van der Waals surface area contributed by atoms with E-state index < -0.39 is 5.97 Å². The molecule has 0 bridgehead atoms. The van der Waals surface area contributed by atoms with Gasteiger partial charge in [-0.25, -0.2) is 14.8 Å². The van der Waals surface area contributed by atoms with Crippen LogP contribution in [-0.4, -0.2) is 20.9 Å². The van der Waals surface area contributed by atoms with Crippen molar-refractivity contribution in [1.82, 2.24) is 15.0 Å². The number of rotatable bonds is 3. The summed E-state index contributed by atoms with van der Waals surface area (Å²) in [5.41, 5.74) is 8.15. The van der Waals surface area contributed by atoms with Gasteiger partial charge >= 0.3 is 5.97 Å². The molecule has 0 unspecified atom stereocenters. The minimum Gasteiger partial charge on any atom is -0.452 e. The number of fused-ring (bicyclic) bond motifs is 1. The number of hydrogen-bond donors (Lipinski definition) is 1. The molecule has 6 heteroatoms. The average molecular weight is 310 g/mol. The van der Waals surface area contributed by atoms with E-state index in [0.717, 1.165) is 49.2 Å². The minimum absolute atomic E-state index is 0.198. The molecule has 118 valence electrons. The zero-order valence-electron chi connectivity index (χ0n) is 12.7. The van der Waals surface area contributed by atoms with Crippen LogP contribution in [0.2, 0.25) is 0 Å². The summed E-state index contributed by atoms with van der Waals surface area (Å²) in [5, 5.41) is 0. The van der Waals surface area contributed by atoms with Gasteiger partial charge in [0.25, 0.3) is 0 Å². The molecule has 1 saturated carbocycles. The third-order valence-corrected chi connectivity index (χ3v) is 4.39. The first-order valence-corrected chi connectivity index (χ1v) is 7.99. The molecular weight excluding hydrogens is 292 g/mol. The number of nitrogens with two attached hydrogens (primary N) is 1. The first-order valence-electron chi connectivity index (χ1n) is 7.99. The third-order valence-electron chi connectivity index (χ3n) is 4.39. The lowest BCUT2D eigenvalue weighted by Crippen LogP contribution is -2.19. The van der Waals surface area contributed by atoms with Gasteiger partial charge in [0.1, 0.15) is 23.3 Å². The molecule has 4 rings (SSSR count). The van der Waals surface area contributed by atoms with Crippen LogP contribution in [0.3, 0.4) is 0 Å². The van der Waals surface area contributed by atoms with E-state index in [9.17, 15) is 4.79 Å². The van der Waals surface area contributed by atoms with Crippen molar-refractivity contribution < 1.29 is 9.53 Å². The molecule has 1 atom stereocenters. The topological polar surface area (TPSA) is 91.0 Å². The number of nitrogens with zero attached hydrogens (tertiary/aromatic N) is 3. The van der Waals surface area contributed by atoms with Gasteiger partial charge in [-0.1, -0.05) is 6.07 Å². The van der Waals surface area contributed by atoms with E-state index in [0.29, 0.717) is 5.92 Å². The lowest BCUT2D eigenvalue weighted by molar-refractivity contribution is 0.0245. The predicted octanol–water partition coefficient (Wildman–Crippen LogP) is 2.57. The summed E-state index contributed by atoms with van der Waals surface area (Å²) < 4.78 is 5.64. The fraction of sp³-hybridized carbons (Fsp3) is 0.412. The molecule has 0 saturated heterocycles. The minimum atomic E-state index is -0.478. The average Bonchev–Trinajstić information content (AvgIpc) is 3.40. The molecule has 0 amide bonds. The van der Waals surface area contributed by atoms with Gasteiger partial charge in [-0.15, -0.1) is 0 Å². The molecule has 1 fully saturated rings. The van der Waals surface area contributed by atoms with E-state index in [4.69, 9.17) is 10.5 Å². The zero-order valence-corrected chi connectivity index (χ0v) is 12.7. The Morgan fingerprint density at radius 2 is 2.13 bits per heavy atom. The highest BCUT2D eigenvalue weighted by molar-refractivity contribution is 5.93. The Morgan fingerprint density at radius 1 is 1.26 bits per heavy atom. The fourth-order valence-electron chi connectivity index (χ4n) is 2.98. The normalized spacial score (nSPS) is 19.9. The Labute approximate surface area is 134 Å². The first kappa shape index (κ1) is 14.1. The fourth-order valence-corrected chi connectivity index (χ4v) is 2.98. The van der Waals surface area contributed by atoms with Crippen molar-refractivity contribution in [3.8, 4) is 0 Å². The SMILES string of the molecule is Nc1nc(C2CC2)ncc1C(=O)O[C@H]1CCCc2cccnc21. The lowest BCUT2D eigenvalue weighted by atomic mass is 9.94. The molecule has 2 aromatic rings. The number of aromatic nitrogens is 3. The van der Waals surface area contributed by atoms with Gasteiger partial charge in [-0.05, 0) is 43.7 Å². The number of nitrogen functional groups attached to an aromatic ring is 1. The Kier molecular flexibility index (Phi) is 3.44. The molecule has 23 heavy (non-hydrogen) atoms. The monoisotopic (exact) mass is 310 g/mol. The van der Waals surface area contributed by atoms with Crippen LogP contribution in [0, 0.1) is 0 Å². The van der Waals surface area contributed by atoms with Crippen LogP contribution in [0.4, 0.5) is 5.82 Å². The van der Waals surface area contributed by atoms with Gasteiger partial charge in [-0.2, -0.15) is 0 Å². The molecule has 2 aliphatic rings. The van der Waals surface area contributed by atoms with Crippen LogP contribution >= 0.6 is 0 Å². The number of anilines is 1. The van der Waals surface area contributed by atoms with E-state index in [-0.39, 0.29) is 17.5 Å². The molecule has 0 spiro atoms. The predicted molar refractivity (Wildman–Crippen MR) is 83.8 cm³/mol. The van der Waals surface area contributed by atoms with E-state index in [1.54, 1.807) is 6.20 Å². The van der Waals surface area contributed by atoms with Crippen LogP contribution in [-0.2, 0) is 11.2 Å². The van der Waals surface area contributed by atoms with Crippen LogP contribution < -0.4 is 5.73 Å². The molecule has 0 aliphatic heterocycles. The van der Waals surface area contributed by atoms with Crippen molar-refractivity contribution in [3.05, 3.63) is 47.2 Å². The number of hydrogen-bond acceptors (Lipinski definition) is 6. The van der Waals surface area contributed by atoms with Crippen LogP contribution in [0.15, 0.2) is 24.5 Å². The summed E-state index contributed by atoms with van der Waals surface area (Å²) in [6.07, 6.45) is 7.79. The highest BCUT2D eigenvalue weighted by Gasteiger charge is 2.29. The Bertz CT molecular complexity index is 758. The smallest absolute Gasteiger partial charge is 0.344 e. The number of carbonyl (C=O) groups excluding carboxylic acids is 1. The third kappa shape index (κ3) is 2.76. The molecule has 0 radical (unpaired) electrons. The van der Waals surface area contributed by atoms with E-state index in [1.165, 1.54) is 6.20 Å². The molecule has 2 N–H and O–H groups in total. The number of ether oxygens (including phenoxy) is 1. The lowest BCUT2D eigenvalue weighted by Gasteiger charge is -2.24. The second-order valence-electron chi connectivity index (χ2n) is 6.14. The molecule has 2 aliphatic carbocycles. The second kappa shape index (κ2) is 5.61. The maximum absolute atomic E-state index is 12.4. The summed E-state index contributed by atoms with van der Waals surface area (Å²) in [4.78, 5) is 25.3. The summed E-state index contributed by atoms with van der Waals surface area (Å²) in [6.45, 7) is 0. The number of aryl methyl sites for hydroxylation is 1. The van der Waals surface area contributed by atoms with Crippen molar-refractivity contribution in [2.45, 2.75) is 44.1 Å². The summed E-state index contributed by atoms with van der Waals surface area (Å²) in [5.74, 6) is 0.845. The van der Waals surface area contributed by atoms with Crippen LogP contribution in [0.5, 0.6) is 0 Å². The van der Waals surface area contributed by atoms with Crippen LogP contribution in [0.1, 0.15) is 65.1 Å². The first-order chi connectivity index (χ1) is 11.2. The zero-order chi connectivity index (χ0) is 15.8. The van der Waals surface area contributed by atoms with Gasteiger partial charge in [0.05, 0.1) is 5.69 Å².